The van der Waals surface area contributed by atoms with E-state index in [1.165, 1.54) is 18.2 Å². The fraction of sp³-hybridized carbons (Fsp3) is 0. The highest BCUT2D eigenvalue weighted by molar-refractivity contribution is 5.98. The summed E-state index contributed by atoms with van der Waals surface area (Å²) in [6.07, 6.45) is 1.07. The maximum Gasteiger partial charge on any atom is 0.336 e. The number of furan rings is 1. The summed E-state index contributed by atoms with van der Waals surface area (Å²) in [5.41, 5.74) is 0.660. The molecule has 1 heterocycles. The van der Waals surface area contributed by atoms with Gasteiger partial charge in [0.2, 0.25) is 0 Å². The molecule has 32 heavy (non-hydrogen) atoms. The van der Waals surface area contributed by atoms with Gasteiger partial charge in [-0.05, 0) is 24.3 Å². The summed E-state index contributed by atoms with van der Waals surface area (Å²) in [5, 5.41) is 44.3. The van der Waals surface area contributed by atoms with Crippen LogP contribution < -0.4 is 5.43 Å². The predicted molar refractivity (Wildman–Crippen MR) is 108 cm³/mol. The van der Waals surface area contributed by atoms with E-state index in [1.54, 1.807) is 0 Å². The first-order valence-electron chi connectivity index (χ1n) is 8.60. The zero-order chi connectivity index (χ0) is 23.4. The maximum absolute atomic E-state index is 12.1. The van der Waals surface area contributed by atoms with E-state index in [2.05, 4.69) is 10.5 Å². The molecule has 2 aromatic carbocycles. The van der Waals surface area contributed by atoms with E-state index in [0.717, 1.165) is 36.5 Å². The van der Waals surface area contributed by atoms with Crippen molar-refractivity contribution < 1.29 is 34.1 Å². The van der Waals surface area contributed by atoms with Crippen LogP contribution in [0.5, 0.6) is 5.75 Å². The van der Waals surface area contributed by atoms with Crippen molar-refractivity contribution in [1.29, 1.82) is 0 Å². The number of non-ortho nitro benzene ring substituents is 2. The summed E-state index contributed by atoms with van der Waals surface area (Å²) in [4.78, 5) is 43.8. The second-order valence-electron chi connectivity index (χ2n) is 6.15. The van der Waals surface area contributed by atoms with Gasteiger partial charge >= 0.3 is 5.97 Å². The standard InChI is InChI=1S/C19H12N4O9/c24-16-5-2-11(23(30)31)8-15(16)18(25)21-20-9-12-3-6-17(32-12)13-4-1-10(22(28)29)7-14(13)19(26)27/h1-9,24H,(H,21,25)(H,26,27)/b20-9-. The Morgan fingerprint density at radius 1 is 0.969 bits per heavy atom. The SMILES string of the molecule is O=C(N/N=C\c1ccc(-c2ccc([N+](=O)[O-])cc2C(=O)O)o1)c1cc([N+](=O)[O-])ccc1O. The van der Waals surface area contributed by atoms with Crippen LogP contribution in [0.2, 0.25) is 0 Å². The molecule has 0 fully saturated rings. The number of amides is 1. The van der Waals surface area contributed by atoms with Gasteiger partial charge in [-0.3, -0.25) is 25.0 Å². The number of carboxylic acids is 1. The van der Waals surface area contributed by atoms with Gasteiger partial charge in [-0.2, -0.15) is 5.10 Å². The van der Waals surface area contributed by atoms with E-state index in [-0.39, 0.29) is 28.2 Å². The Kier molecular flexibility index (Phi) is 5.91. The molecule has 0 spiro atoms. The van der Waals surface area contributed by atoms with Crippen LogP contribution in [0.15, 0.2) is 58.0 Å². The second-order valence-corrected chi connectivity index (χ2v) is 6.15. The van der Waals surface area contributed by atoms with Crippen molar-refractivity contribution in [1.82, 2.24) is 5.43 Å². The first-order valence-corrected chi connectivity index (χ1v) is 8.60. The zero-order valence-corrected chi connectivity index (χ0v) is 15.8. The number of nitro groups is 2. The lowest BCUT2D eigenvalue weighted by atomic mass is 10.0. The van der Waals surface area contributed by atoms with Gasteiger partial charge in [0.05, 0.1) is 27.2 Å². The number of hydrogen-bond donors (Lipinski definition) is 3. The fourth-order valence-corrected chi connectivity index (χ4v) is 2.64. The minimum absolute atomic E-state index is 0.0846. The average molecular weight is 440 g/mol. The number of carboxylic acid groups (broad SMARTS) is 1. The molecular formula is C19H12N4O9. The molecule has 0 aliphatic heterocycles. The van der Waals surface area contributed by atoms with Crippen molar-refractivity contribution in [2.24, 2.45) is 5.10 Å². The lowest BCUT2D eigenvalue weighted by Crippen LogP contribution is -2.17. The Balaban J connectivity index is 1.78. The normalized spacial score (nSPS) is 10.8. The zero-order valence-electron chi connectivity index (χ0n) is 15.8. The maximum atomic E-state index is 12.1. The Morgan fingerprint density at radius 3 is 2.22 bits per heavy atom. The van der Waals surface area contributed by atoms with Gasteiger partial charge in [0.1, 0.15) is 17.3 Å². The minimum Gasteiger partial charge on any atom is -0.507 e. The Morgan fingerprint density at radius 2 is 1.59 bits per heavy atom. The summed E-state index contributed by atoms with van der Waals surface area (Å²) in [7, 11) is 0. The molecule has 1 amide bonds. The first kappa shape index (κ1) is 21.6. The Bertz CT molecular complexity index is 1280. The molecule has 13 nitrogen and oxygen atoms in total. The monoisotopic (exact) mass is 440 g/mol. The summed E-state index contributed by atoms with van der Waals surface area (Å²) >= 11 is 0. The number of nitrogens with one attached hydrogen (secondary N) is 1. The molecule has 0 aliphatic rings. The van der Waals surface area contributed by atoms with Gasteiger partial charge < -0.3 is 14.6 Å². The van der Waals surface area contributed by atoms with E-state index in [9.17, 15) is 40.0 Å². The molecule has 3 N–H and O–H groups in total. The molecule has 0 bridgehead atoms. The van der Waals surface area contributed by atoms with Gasteiger partial charge in [-0.15, -0.1) is 0 Å². The highest BCUT2D eigenvalue weighted by atomic mass is 16.6. The highest BCUT2D eigenvalue weighted by Gasteiger charge is 2.19. The van der Waals surface area contributed by atoms with Crippen LogP contribution in [0.1, 0.15) is 26.5 Å². The van der Waals surface area contributed by atoms with Crippen LogP contribution in [0, 0.1) is 20.2 Å². The number of nitro benzene ring substituents is 2. The van der Waals surface area contributed by atoms with Gasteiger partial charge in [-0.1, -0.05) is 0 Å². The van der Waals surface area contributed by atoms with Crippen LogP contribution in [0.4, 0.5) is 11.4 Å². The Hall–Kier alpha value is -5.07. The molecule has 13 heteroatoms. The largest absolute Gasteiger partial charge is 0.507 e. The quantitative estimate of drug-likeness (QED) is 0.281. The number of rotatable bonds is 7. The third-order valence-corrected chi connectivity index (χ3v) is 4.13. The number of hydrazone groups is 1. The van der Waals surface area contributed by atoms with Crippen molar-refractivity contribution in [3.63, 3.8) is 0 Å². The number of carbonyl (C=O) groups excluding carboxylic acids is 1. The van der Waals surface area contributed by atoms with E-state index in [4.69, 9.17) is 4.42 Å². The van der Waals surface area contributed by atoms with Crippen LogP contribution in [0.25, 0.3) is 11.3 Å². The molecule has 0 aliphatic carbocycles. The highest BCUT2D eigenvalue weighted by Crippen LogP contribution is 2.29. The summed E-state index contributed by atoms with van der Waals surface area (Å²) in [6.45, 7) is 0. The molecule has 162 valence electrons. The average Bonchev–Trinajstić information content (AvgIpc) is 3.21. The number of benzene rings is 2. The van der Waals surface area contributed by atoms with Crippen LogP contribution in [0.3, 0.4) is 0 Å². The van der Waals surface area contributed by atoms with E-state index in [0.29, 0.717) is 0 Å². The van der Waals surface area contributed by atoms with Gasteiger partial charge in [0.15, 0.2) is 0 Å². The summed E-state index contributed by atoms with van der Waals surface area (Å²) in [6, 6.07) is 8.99. The first-order chi connectivity index (χ1) is 15.2. The van der Waals surface area contributed by atoms with Crippen molar-refractivity contribution in [2.45, 2.75) is 0 Å². The lowest BCUT2D eigenvalue weighted by Gasteiger charge is -2.03. The molecule has 3 aromatic rings. The summed E-state index contributed by atoms with van der Waals surface area (Å²) in [5.74, 6) is -2.61. The van der Waals surface area contributed by atoms with Crippen molar-refractivity contribution in [2.75, 3.05) is 0 Å². The number of phenolic OH excluding ortho intramolecular Hbond substituents is 1. The third-order valence-electron chi connectivity index (χ3n) is 4.13. The second kappa shape index (κ2) is 8.74. The molecule has 0 radical (unpaired) electrons. The van der Waals surface area contributed by atoms with Crippen LogP contribution >= 0.6 is 0 Å². The fourth-order valence-electron chi connectivity index (χ4n) is 2.64. The Labute approximate surface area is 177 Å². The van der Waals surface area contributed by atoms with Crippen LogP contribution in [-0.4, -0.2) is 38.2 Å². The molecule has 3 rings (SSSR count). The number of aromatic hydroxyl groups is 1. The smallest absolute Gasteiger partial charge is 0.336 e. The molecule has 1 aromatic heterocycles. The van der Waals surface area contributed by atoms with Gasteiger partial charge in [0, 0.05) is 29.8 Å². The van der Waals surface area contributed by atoms with Crippen molar-refractivity contribution in [3.05, 3.63) is 85.6 Å². The number of carbonyl (C=O) groups is 2. The van der Waals surface area contributed by atoms with E-state index >= 15 is 0 Å². The number of nitrogens with zero attached hydrogens (tertiary/aromatic N) is 3. The molecule has 0 unspecified atom stereocenters. The van der Waals surface area contributed by atoms with E-state index in [1.807, 2.05) is 0 Å². The van der Waals surface area contributed by atoms with Gasteiger partial charge in [-0.25, -0.2) is 10.2 Å². The molecule has 0 saturated carbocycles. The molecular weight excluding hydrogens is 428 g/mol. The number of hydrogen-bond acceptors (Lipinski definition) is 9. The van der Waals surface area contributed by atoms with Crippen LogP contribution in [-0.2, 0) is 0 Å². The number of phenols is 1. The minimum atomic E-state index is -1.39. The van der Waals surface area contributed by atoms with Gasteiger partial charge in [0.25, 0.3) is 17.3 Å². The van der Waals surface area contributed by atoms with Crippen molar-refractivity contribution >= 4 is 29.5 Å². The molecule has 0 atom stereocenters. The number of aromatic carboxylic acids is 1. The van der Waals surface area contributed by atoms with Crippen molar-refractivity contribution in [3.8, 4) is 17.1 Å². The third kappa shape index (κ3) is 4.56. The van der Waals surface area contributed by atoms with E-state index < -0.39 is 38.8 Å². The topological polar surface area (TPSA) is 198 Å². The molecule has 0 saturated heterocycles. The predicted octanol–water partition coefficient (Wildman–Crippen LogP) is 2.93. The lowest BCUT2D eigenvalue weighted by molar-refractivity contribution is -0.385. The summed E-state index contributed by atoms with van der Waals surface area (Å²) < 4.78 is 5.45.